The number of carbonyl (C=O) groups is 2. The fourth-order valence-electron chi connectivity index (χ4n) is 2.86. The van der Waals surface area contributed by atoms with E-state index in [4.69, 9.17) is 5.26 Å². The lowest BCUT2D eigenvalue weighted by atomic mass is 10.2. The number of nitrogens with zero attached hydrogens (tertiary/aromatic N) is 3. The number of rotatable bonds is 5. The van der Waals surface area contributed by atoms with Crippen molar-refractivity contribution in [3.8, 4) is 6.07 Å². The Bertz CT molecular complexity index is 944. The summed E-state index contributed by atoms with van der Waals surface area (Å²) in [4.78, 5) is 29.4. The predicted molar refractivity (Wildman–Crippen MR) is 107 cm³/mol. The number of amides is 2. The molecule has 0 unspecified atom stereocenters. The second kappa shape index (κ2) is 8.48. The van der Waals surface area contributed by atoms with Crippen LogP contribution in [-0.4, -0.2) is 46.8 Å². The SMILES string of the molecule is N#C[C@@H]1CC(F)(F)CN1C(=O)CNC(=O)c1csc(Cc2cccc(I)c2)n1. The Hall–Kier alpha value is -2.13. The standard InChI is InChI=1S/C18H15F2IN4O2S/c19-18(20)6-13(7-22)25(10-18)16(26)8-23-17(27)14-9-28-15(24-14)5-11-2-1-3-12(21)4-11/h1-4,9,13H,5-6,8,10H2,(H,23,27)/t13-/m0/s1. The molecule has 1 aliphatic rings. The van der Waals surface area contributed by atoms with E-state index in [-0.39, 0.29) is 5.69 Å². The molecule has 1 atom stereocenters. The highest BCUT2D eigenvalue weighted by Gasteiger charge is 2.47. The molecule has 28 heavy (non-hydrogen) atoms. The number of nitrogens with one attached hydrogen (secondary N) is 1. The van der Waals surface area contributed by atoms with Crippen LogP contribution in [-0.2, 0) is 11.2 Å². The van der Waals surface area contributed by atoms with Gasteiger partial charge in [-0.15, -0.1) is 11.3 Å². The van der Waals surface area contributed by atoms with Gasteiger partial charge < -0.3 is 10.2 Å². The van der Waals surface area contributed by atoms with Crippen LogP contribution in [0.15, 0.2) is 29.6 Å². The van der Waals surface area contributed by atoms with Crippen molar-refractivity contribution in [1.29, 1.82) is 5.26 Å². The monoisotopic (exact) mass is 516 g/mol. The van der Waals surface area contributed by atoms with E-state index < -0.39 is 43.3 Å². The van der Waals surface area contributed by atoms with Gasteiger partial charge >= 0.3 is 0 Å². The largest absolute Gasteiger partial charge is 0.342 e. The number of likely N-dealkylation sites (tertiary alicyclic amines) is 1. The predicted octanol–water partition coefficient (Wildman–Crippen LogP) is 2.83. The molecule has 2 amide bonds. The number of hydrogen-bond acceptors (Lipinski definition) is 5. The second-order valence-corrected chi connectivity index (χ2v) is 8.53. The minimum Gasteiger partial charge on any atom is -0.342 e. The van der Waals surface area contributed by atoms with E-state index in [1.54, 1.807) is 11.4 Å². The normalized spacial score (nSPS) is 17.9. The van der Waals surface area contributed by atoms with Crippen LogP contribution in [0.3, 0.4) is 0 Å². The summed E-state index contributed by atoms with van der Waals surface area (Å²) in [6, 6.07) is 8.44. The van der Waals surface area contributed by atoms with Crippen LogP contribution in [0.2, 0.25) is 0 Å². The van der Waals surface area contributed by atoms with E-state index >= 15 is 0 Å². The summed E-state index contributed by atoms with van der Waals surface area (Å²) < 4.78 is 27.9. The maximum Gasteiger partial charge on any atom is 0.271 e. The van der Waals surface area contributed by atoms with Crippen LogP contribution in [0.25, 0.3) is 0 Å². The topological polar surface area (TPSA) is 86.1 Å². The number of carbonyl (C=O) groups excluding carboxylic acids is 2. The summed E-state index contributed by atoms with van der Waals surface area (Å²) in [5, 5.41) is 13.7. The second-order valence-electron chi connectivity index (χ2n) is 6.34. The number of alkyl halides is 2. The third kappa shape index (κ3) is 5.02. The molecule has 6 nitrogen and oxygen atoms in total. The number of benzene rings is 1. The zero-order chi connectivity index (χ0) is 20.3. The molecule has 3 rings (SSSR count). The van der Waals surface area contributed by atoms with Crippen LogP contribution >= 0.6 is 33.9 Å². The minimum absolute atomic E-state index is 0.169. The van der Waals surface area contributed by atoms with E-state index in [0.717, 1.165) is 19.0 Å². The Labute approximate surface area is 177 Å². The highest BCUT2D eigenvalue weighted by Crippen LogP contribution is 2.31. The van der Waals surface area contributed by atoms with Crippen LogP contribution in [0, 0.1) is 14.9 Å². The van der Waals surface area contributed by atoms with Crippen molar-refractivity contribution in [2.75, 3.05) is 13.1 Å². The van der Waals surface area contributed by atoms with Gasteiger partial charge in [0.15, 0.2) is 0 Å². The maximum absolute atomic E-state index is 13.4. The van der Waals surface area contributed by atoms with Crippen molar-refractivity contribution in [1.82, 2.24) is 15.2 Å². The van der Waals surface area contributed by atoms with Gasteiger partial charge in [-0.2, -0.15) is 5.26 Å². The molecule has 0 saturated carbocycles. The van der Waals surface area contributed by atoms with Gasteiger partial charge in [0.05, 0.1) is 24.2 Å². The lowest BCUT2D eigenvalue weighted by Gasteiger charge is -2.19. The van der Waals surface area contributed by atoms with Crippen molar-refractivity contribution in [3.63, 3.8) is 0 Å². The first kappa shape index (κ1) is 20.6. The molecule has 146 valence electrons. The molecule has 1 fully saturated rings. The lowest BCUT2D eigenvalue weighted by molar-refractivity contribution is -0.131. The number of nitriles is 1. The molecule has 1 aliphatic heterocycles. The van der Waals surface area contributed by atoms with Crippen molar-refractivity contribution >= 4 is 45.7 Å². The Kier molecular flexibility index (Phi) is 6.24. The smallest absolute Gasteiger partial charge is 0.271 e. The third-order valence-corrected chi connectivity index (χ3v) is 5.69. The van der Waals surface area contributed by atoms with E-state index in [1.165, 1.54) is 11.3 Å². The summed E-state index contributed by atoms with van der Waals surface area (Å²) in [5.41, 5.74) is 1.24. The Morgan fingerprint density at radius 2 is 2.25 bits per heavy atom. The van der Waals surface area contributed by atoms with Crippen molar-refractivity contribution in [3.05, 3.63) is 49.5 Å². The molecule has 1 saturated heterocycles. The molecule has 2 heterocycles. The number of aromatic nitrogens is 1. The number of thiazole rings is 1. The molecular formula is C18H15F2IN4O2S. The summed E-state index contributed by atoms with van der Waals surface area (Å²) in [5.74, 6) is -4.36. The van der Waals surface area contributed by atoms with Gasteiger partial charge in [-0.3, -0.25) is 9.59 Å². The first-order chi connectivity index (χ1) is 13.3. The van der Waals surface area contributed by atoms with Gasteiger partial charge in [0.1, 0.15) is 11.7 Å². The number of halogens is 3. The number of hydrogen-bond donors (Lipinski definition) is 1. The van der Waals surface area contributed by atoms with Gasteiger partial charge in [-0.25, -0.2) is 13.8 Å². The fraction of sp³-hybridized carbons (Fsp3) is 0.333. The van der Waals surface area contributed by atoms with E-state index in [9.17, 15) is 18.4 Å². The van der Waals surface area contributed by atoms with Crippen molar-refractivity contribution in [2.45, 2.75) is 24.8 Å². The van der Waals surface area contributed by atoms with Crippen LogP contribution in [0.4, 0.5) is 8.78 Å². The molecule has 1 N–H and O–H groups in total. The molecule has 10 heteroatoms. The molecule has 0 aliphatic carbocycles. The summed E-state index contributed by atoms with van der Waals surface area (Å²) >= 11 is 3.55. The molecular weight excluding hydrogens is 501 g/mol. The molecule has 0 spiro atoms. The molecule has 1 aromatic carbocycles. The first-order valence-electron chi connectivity index (χ1n) is 8.31. The zero-order valence-electron chi connectivity index (χ0n) is 14.5. The lowest BCUT2D eigenvalue weighted by Crippen LogP contribution is -2.43. The average Bonchev–Trinajstić information content (AvgIpc) is 3.23. The van der Waals surface area contributed by atoms with Crippen molar-refractivity contribution < 1.29 is 18.4 Å². The summed E-state index contributed by atoms with van der Waals surface area (Å²) in [6.45, 7) is -1.27. The summed E-state index contributed by atoms with van der Waals surface area (Å²) in [7, 11) is 0. The van der Waals surface area contributed by atoms with Gasteiger partial charge in [0, 0.05) is 21.8 Å². The Balaban J connectivity index is 1.56. The quantitative estimate of drug-likeness (QED) is 0.620. The Morgan fingerprint density at radius 1 is 1.46 bits per heavy atom. The fourth-order valence-corrected chi connectivity index (χ4v) is 4.28. The molecule has 0 radical (unpaired) electrons. The Morgan fingerprint density at radius 3 is 2.96 bits per heavy atom. The van der Waals surface area contributed by atoms with Gasteiger partial charge in [0.25, 0.3) is 11.8 Å². The van der Waals surface area contributed by atoms with Crippen LogP contribution < -0.4 is 5.32 Å². The third-order valence-electron chi connectivity index (χ3n) is 4.17. The summed E-state index contributed by atoms with van der Waals surface area (Å²) in [6.07, 6.45) is -0.0997. The highest BCUT2D eigenvalue weighted by molar-refractivity contribution is 14.1. The molecule has 1 aromatic heterocycles. The minimum atomic E-state index is -3.08. The highest BCUT2D eigenvalue weighted by atomic mass is 127. The van der Waals surface area contributed by atoms with E-state index in [0.29, 0.717) is 6.42 Å². The molecule has 2 aromatic rings. The van der Waals surface area contributed by atoms with E-state index in [1.807, 2.05) is 24.3 Å². The average molecular weight is 516 g/mol. The maximum atomic E-state index is 13.4. The zero-order valence-corrected chi connectivity index (χ0v) is 17.5. The van der Waals surface area contributed by atoms with Crippen molar-refractivity contribution in [2.24, 2.45) is 0 Å². The van der Waals surface area contributed by atoms with E-state index in [2.05, 4.69) is 32.9 Å². The van der Waals surface area contributed by atoms with Gasteiger partial charge in [-0.1, -0.05) is 12.1 Å². The van der Waals surface area contributed by atoms with Gasteiger partial charge in [-0.05, 0) is 40.3 Å². The first-order valence-corrected chi connectivity index (χ1v) is 10.3. The van der Waals surface area contributed by atoms with Crippen LogP contribution in [0.1, 0.15) is 27.5 Å². The van der Waals surface area contributed by atoms with Crippen LogP contribution in [0.5, 0.6) is 0 Å². The molecule has 0 bridgehead atoms. The van der Waals surface area contributed by atoms with Gasteiger partial charge in [0.2, 0.25) is 5.91 Å².